The number of likely N-dealkylation sites (N-methyl/N-ethyl adjacent to an activating group) is 1. The Bertz CT molecular complexity index is 981. The number of ether oxygens (including phenoxy) is 1. The lowest BCUT2D eigenvalue weighted by molar-refractivity contribution is -0.123. The van der Waals surface area contributed by atoms with Crippen molar-refractivity contribution in [2.45, 2.75) is 20.8 Å². The summed E-state index contributed by atoms with van der Waals surface area (Å²) in [5, 5.41) is 6.05. The van der Waals surface area contributed by atoms with Crippen LogP contribution in [-0.2, 0) is 9.59 Å². The molecule has 0 aliphatic carbocycles. The second-order valence-electron chi connectivity index (χ2n) is 6.58. The molecule has 2 aromatic rings. The maximum absolute atomic E-state index is 12.3. The minimum absolute atomic E-state index is 0.0231. The fourth-order valence-electron chi connectivity index (χ4n) is 2.64. The summed E-state index contributed by atoms with van der Waals surface area (Å²) >= 11 is 1.31. The standard InChI is InChI=1S/C22H23N3O3S/c1-4-23-20(26)13-28-17-9-7-16(8-10-17)12-19-21(27)25-22(29-19)24-18-11-14(2)5-6-15(18)3/h5-12H,4,13H2,1-3H3,(H,23,26)(H,24,25,27)/b19-12-. The van der Waals surface area contributed by atoms with E-state index in [4.69, 9.17) is 4.74 Å². The molecule has 3 rings (SSSR count). The van der Waals surface area contributed by atoms with Crippen molar-refractivity contribution in [3.63, 3.8) is 0 Å². The molecule has 7 heteroatoms. The first-order valence-corrected chi connectivity index (χ1v) is 10.1. The van der Waals surface area contributed by atoms with Gasteiger partial charge >= 0.3 is 0 Å². The van der Waals surface area contributed by atoms with Gasteiger partial charge in [0.2, 0.25) is 0 Å². The van der Waals surface area contributed by atoms with Crippen molar-refractivity contribution in [3.8, 4) is 5.75 Å². The maximum atomic E-state index is 12.3. The van der Waals surface area contributed by atoms with Gasteiger partial charge in [-0.3, -0.25) is 9.59 Å². The molecule has 1 aliphatic rings. The molecule has 0 atom stereocenters. The predicted molar refractivity (Wildman–Crippen MR) is 117 cm³/mol. The van der Waals surface area contributed by atoms with Crippen molar-refractivity contribution in [3.05, 3.63) is 64.1 Å². The molecule has 1 fully saturated rings. The quantitative estimate of drug-likeness (QED) is 0.713. The average Bonchev–Trinajstić information content (AvgIpc) is 3.03. The Hall–Kier alpha value is -3.06. The molecule has 1 heterocycles. The molecule has 0 radical (unpaired) electrons. The van der Waals surface area contributed by atoms with Gasteiger partial charge in [-0.25, -0.2) is 4.99 Å². The lowest BCUT2D eigenvalue weighted by Crippen LogP contribution is -2.28. The highest BCUT2D eigenvalue weighted by atomic mass is 32.2. The van der Waals surface area contributed by atoms with Crippen LogP contribution >= 0.6 is 11.8 Å². The second kappa shape index (κ2) is 9.43. The van der Waals surface area contributed by atoms with E-state index in [1.807, 2.05) is 51.1 Å². The number of amidine groups is 1. The van der Waals surface area contributed by atoms with Crippen LogP contribution in [0, 0.1) is 13.8 Å². The molecule has 0 spiro atoms. The fourth-order valence-corrected chi connectivity index (χ4v) is 3.47. The number of carbonyl (C=O) groups excluding carboxylic acids is 2. The third-order valence-electron chi connectivity index (χ3n) is 4.16. The Morgan fingerprint density at radius 1 is 1.21 bits per heavy atom. The molecular weight excluding hydrogens is 386 g/mol. The van der Waals surface area contributed by atoms with E-state index >= 15 is 0 Å². The van der Waals surface area contributed by atoms with Crippen molar-refractivity contribution in [1.29, 1.82) is 0 Å². The Morgan fingerprint density at radius 3 is 2.69 bits per heavy atom. The number of nitrogens with one attached hydrogen (secondary N) is 2. The van der Waals surface area contributed by atoms with Crippen LogP contribution in [0.3, 0.4) is 0 Å². The topological polar surface area (TPSA) is 79.8 Å². The Labute approximate surface area is 174 Å². The van der Waals surface area contributed by atoms with E-state index in [1.165, 1.54) is 11.8 Å². The first-order valence-electron chi connectivity index (χ1n) is 9.31. The van der Waals surface area contributed by atoms with Crippen LogP contribution in [0.4, 0.5) is 5.69 Å². The Kier molecular flexibility index (Phi) is 6.72. The molecule has 150 valence electrons. The van der Waals surface area contributed by atoms with Crippen LogP contribution in [0.1, 0.15) is 23.6 Å². The van der Waals surface area contributed by atoms with Crippen LogP contribution in [-0.4, -0.2) is 30.1 Å². The first kappa shape index (κ1) is 20.7. The minimum Gasteiger partial charge on any atom is -0.484 e. The molecule has 0 bridgehead atoms. The highest BCUT2D eigenvalue weighted by Crippen LogP contribution is 2.29. The average molecular weight is 410 g/mol. The van der Waals surface area contributed by atoms with Crippen molar-refractivity contribution in [1.82, 2.24) is 10.6 Å². The lowest BCUT2D eigenvalue weighted by Gasteiger charge is -2.06. The van der Waals surface area contributed by atoms with Crippen LogP contribution in [0.25, 0.3) is 6.08 Å². The Morgan fingerprint density at radius 2 is 1.97 bits per heavy atom. The second-order valence-corrected chi connectivity index (χ2v) is 7.61. The van der Waals surface area contributed by atoms with Crippen molar-refractivity contribution >= 4 is 40.5 Å². The third-order valence-corrected chi connectivity index (χ3v) is 5.07. The summed E-state index contributed by atoms with van der Waals surface area (Å²) in [5.41, 5.74) is 3.89. The van der Waals surface area contributed by atoms with Crippen LogP contribution in [0.15, 0.2) is 52.4 Å². The van der Waals surface area contributed by atoms with E-state index in [0.29, 0.717) is 22.4 Å². The number of carbonyl (C=O) groups is 2. The highest BCUT2D eigenvalue weighted by molar-refractivity contribution is 8.18. The summed E-state index contributed by atoms with van der Waals surface area (Å²) in [4.78, 5) is 28.9. The van der Waals surface area contributed by atoms with Gasteiger partial charge in [-0.15, -0.1) is 0 Å². The summed E-state index contributed by atoms with van der Waals surface area (Å²) in [6.45, 7) is 6.41. The maximum Gasteiger partial charge on any atom is 0.264 e. The zero-order chi connectivity index (χ0) is 20.8. The molecule has 2 N–H and O–H groups in total. The van der Waals surface area contributed by atoms with Crippen molar-refractivity contribution < 1.29 is 14.3 Å². The monoisotopic (exact) mass is 409 g/mol. The summed E-state index contributed by atoms with van der Waals surface area (Å²) in [6, 6.07) is 13.3. The van der Waals surface area contributed by atoms with Gasteiger partial charge in [0.05, 0.1) is 10.6 Å². The van der Waals surface area contributed by atoms with Crippen LogP contribution in [0.2, 0.25) is 0 Å². The van der Waals surface area contributed by atoms with Gasteiger partial charge in [0.25, 0.3) is 11.8 Å². The van der Waals surface area contributed by atoms with Gasteiger partial charge < -0.3 is 15.4 Å². The number of nitrogens with zero attached hydrogens (tertiary/aromatic N) is 1. The van der Waals surface area contributed by atoms with Crippen molar-refractivity contribution in [2.75, 3.05) is 13.2 Å². The Balaban J connectivity index is 1.67. The van der Waals surface area contributed by atoms with E-state index in [9.17, 15) is 9.59 Å². The van der Waals surface area contributed by atoms with E-state index < -0.39 is 0 Å². The number of rotatable bonds is 6. The summed E-state index contributed by atoms with van der Waals surface area (Å²) in [6.07, 6.45) is 1.80. The lowest BCUT2D eigenvalue weighted by atomic mass is 10.1. The number of hydrogen-bond donors (Lipinski definition) is 2. The van der Waals surface area contributed by atoms with E-state index in [-0.39, 0.29) is 18.4 Å². The summed E-state index contributed by atoms with van der Waals surface area (Å²) < 4.78 is 5.43. The smallest absolute Gasteiger partial charge is 0.264 e. The largest absolute Gasteiger partial charge is 0.484 e. The molecular formula is C22H23N3O3S. The number of benzene rings is 2. The SMILES string of the molecule is CCNC(=O)COc1ccc(/C=C2\SC(=Nc3cc(C)ccc3C)NC2=O)cc1. The summed E-state index contributed by atoms with van der Waals surface area (Å²) in [7, 11) is 0. The molecule has 29 heavy (non-hydrogen) atoms. The third kappa shape index (κ3) is 5.71. The van der Waals surface area contributed by atoms with Gasteiger partial charge in [0.15, 0.2) is 11.8 Å². The normalized spacial score (nSPS) is 16.2. The van der Waals surface area contributed by atoms with Crippen LogP contribution < -0.4 is 15.4 Å². The molecule has 0 saturated carbocycles. The van der Waals surface area contributed by atoms with Gasteiger partial charge in [-0.1, -0.05) is 24.3 Å². The fraction of sp³-hybridized carbons (Fsp3) is 0.227. The number of thioether (sulfide) groups is 1. The molecule has 2 amide bonds. The number of aliphatic imine (C=N–C) groups is 1. The van der Waals surface area contributed by atoms with Gasteiger partial charge in [-0.05, 0) is 73.5 Å². The van der Waals surface area contributed by atoms with Gasteiger partial charge in [0.1, 0.15) is 5.75 Å². The minimum atomic E-state index is -0.171. The number of amides is 2. The van der Waals surface area contributed by atoms with E-state index in [2.05, 4.69) is 15.6 Å². The van der Waals surface area contributed by atoms with E-state index in [0.717, 1.165) is 22.4 Å². The van der Waals surface area contributed by atoms with E-state index in [1.54, 1.807) is 18.2 Å². The molecule has 0 unspecified atom stereocenters. The number of hydrogen-bond acceptors (Lipinski definition) is 5. The zero-order valence-electron chi connectivity index (χ0n) is 16.6. The van der Waals surface area contributed by atoms with Gasteiger partial charge in [-0.2, -0.15) is 0 Å². The van der Waals surface area contributed by atoms with Gasteiger partial charge in [0, 0.05) is 6.54 Å². The first-order chi connectivity index (χ1) is 13.9. The molecule has 1 saturated heterocycles. The zero-order valence-corrected chi connectivity index (χ0v) is 17.4. The molecule has 6 nitrogen and oxygen atoms in total. The molecule has 0 aromatic heterocycles. The highest BCUT2D eigenvalue weighted by Gasteiger charge is 2.24. The van der Waals surface area contributed by atoms with Crippen molar-refractivity contribution in [2.24, 2.45) is 4.99 Å². The number of aryl methyl sites for hydroxylation is 2. The molecule has 2 aromatic carbocycles. The summed E-state index contributed by atoms with van der Waals surface area (Å²) in [5.74, 6) is 0.267. The molecule has 1 aliphatic heterocycles. The van der Waals surface area contributed by atoms with Crippen LogP contribution in [0.5, 0.6) is 5.75 Å². The predicted octanol–water partition coefficient (Wildman–Crippen LogP) is 3.71.